The predicted molar refractivity (Wildman–Crippen MR) is 179 cm³/mol. The van der Waals surface area contributed by atoms with Crippen molar-refractivity contribution in [3.8, 4) is 11.1 Å². The normalized spacial score (nSPS) is 22.6. The van der Waals surface area contributed by atoms with E-state index >= 15 is 0 Å². The molecule has 1 aromatic heterocycles. The highest BCUT2D eigenvalue weighted by molar-refractivity contribution is 9.10. The Bertz CT molecular complexity index is 1740. The molecule has 0 N–H and O–H groups in total. The number of carbonyl (C=O) groups excluding carboxylic acids is 4. The molecule has 4 aliphatic rings. The maximum Gasteiger partial charge on any atom is 0.417 e. The smallest absolute Gasteiger partial charge is 0.417 e. The zero-order valence-electron chi connectivity index (χ0n) is 27.6. The van der Waals surface area contributed by atoms with Gasteiger partial charge in [-0.3, -0.25) is 14.6 Å². The van der Waals surface area contributed by atoms with Gasteiger partial charge < -0.3 is 9.47 Å². The molecule has 2 aliphatic carbocycles. The standard InChI is InChI=1S/C21H22N2O3.C16H18BrNO3/c1-21(2,3)26-20(25)23-18(24)11-14-10-17-15(13-6-5-9-22-12-13)7-4-8-16(17)19(14)23;1-16(2,3)21-15(20)18-13(19)8-9-7-11-10(14(9)18)5-4-6-12(11)17/h4-9,12,14,19H,10-11H2,1-3H3;4-6,9,14H,7-8H2,1-3H3. The van der Waals surface area contributed by atoms with Crippen molar-refractivity contribution in [2.75, 3.05) is 0 Å². The van der Waals surface area contributed by atoms with E-state index in [1.165, 1.54) is 20.9 Å². The molecule has 10 heteroatoms. The number of rotatable bonds is 1. The Balaban J connectivity index is 0.000000168. The van der Waals surface area contributed by atoms with Crippen LogP contribution < -0.4 is 0 Å². The number of ether oxygens (including phenoxy) is 2. The topological polar surface area (TPSA) is 106 Å². The fraction of sp³-hybridized carbons (Fsp3) is 0.432. The largest absolute Gasteiger partial charge is 0.443 e. The van der Waals surface area contributed by atoms with E-state index in [0.717, 1.165) is 39.6 Å². The first kappa shape index (κ1) is 32.9. The molecule has 4 amide bonds. The van der Waals surface area contributed by atoms with Crippen LogP contribution in [0.4, 0.5) is 9.59 Å². The molecular formula is C37H40BrN3O6. The number of benzene rings is 2. The third-order valence-electron chi connectivity index (χ3n) is 8.95. The number of hydrogen-bond donors (Lipinski definition) is 0. The lowest BCUT2D eigenvalue weighted by Crippen LogP contribution is -2.39. The number of hydrogen-bond acceptors (Lipinski definition) is 7. The quantitative estimate of drug-likeness (QED) is 0.253. The van der Waals surface area contributed by atoms with Gasteiger partial charge in [-0.15, -0.1) is 0 Å². The second-order valence-electron chi connectivity index (χ2n) is 14.6. The van der Waals surface area contributed by atoms with Gasteiger partial charge in [-0.1, -0.05) is 52.3 Å². The van der Waals surface area contributed by atoms with Gasteiger partial charge in [0.1, 0.15) is 11.2 Å². The third kappa shape index (κ3) is 6.44. The fourth-order valence-electron chi connectivity index (χ4n) is 7.30. The average molecular weight is 703 g/mol. The van der Waals surface area contributed by atoms with Crippen LogP contribution in [-0.4, -0.2) is 50.0 Å². The number of amides is 4. The van der Waals surface area contributed by atoms with Gasteiger partial charge >= 0.3 is 12.2 Å². The molecule has 0 radical (unpaired) electrons. The molecule has 246 valence electrons. The molecule has 2 aliphatic heterocycles. The summed E-state index contributed by atoms with van der Waals surface area (Å²) in [5.74, 6) is -0.00175. The molecule has 4 atom stereocenters. The van der Waals surface area contributed by atoms with Gasteiger partial charge in [0.25, 0.3) is 0 Å². The second-order valence-corrected chi connectivity index (χ2v) is 15.5. The van der Waals surface area contributed by atoms with Gasteiger partial charge in [0.2, 0.25) is 11.8 Å². The monoisotopic (exact) mass is 701 g/mol. The first-order chi connectivity index (χ1) is 22.1. The molecule has 4 unspecified atom stereocenters. The summed E-state index contributed by atoms with van der Waals surface area (Å²) in [7, 11) is 0. The van der Waals surface area contributed by atoms with E-state index in [9.17, 15) is 19.2 Å². The van der Waals surface area contributed by atoms with Gasteiger partial charge in [0, 0.05) is 35.3 Å². The summed E-state index contributed by atoms with van der Waals surface area (Å²) in [6.45, 7) is 10.9. The van der Waals surface area contributed by atoms with Crippen LogP contribution in [0.5, 0.6) is 0 Å². The fourth-order valence-corrected chi connectivity index (χ4v) is 7.84. The van der Waals surface area contributed by atoms with E-state index in [4.69, 9.17) is 9.47 Å². The first-order valence-corrected chi connectivity index (χ1v) is 16.8. The summed E-state index contributed by atoms with van der Waals surface area (Å²) < 4.78 is 11.9. The number of halogens is 1. The van der Waals surface area contributed by atoms with E-state index in [1.54, 1.807) is 6.20 Å². The molecule has 0 saturated carbocycles. The Morgan fingerprint density at radius 3 is 1.74 bits per heavy atom. The number of imide groups is 2. The van der Waals surface area contributed by atoms with Crippen molar-refractivity contribution >= 4 is 39.9 Å². The SMILES string of the molecule is CC(C)(C)OC(=O)N1C(=O)CC2Cc3c(-c4cccnc4)cccc3C21.CC(C)(C)OC(=O)N1C(=O)CC2Cc3c(Br)cccc3C21. The van der Waals surface area contributed by atoms with Crippen LogP contribution in [0, 0.1) is 11.8 Å². The van der Waals surface area contributed by atoms with E-state index < -0.39 is 23.4 Å². The van der Waals surface area contributed by atoms with Crippen molar-refractivity contribution in [1.82, 2.24) is 14.8 Å². The van der Waals surface area contributed by atoms with Crippen LogP contribution >= 0.6 is 15.9 Å². The number of nitrogens with zero attached hydrogens (tertiary/aromatic N) is 3. The lowest BCUT2D eigenvalue weighted by atomic mass is 9.97. The number of carbonyl (C=O) groups is 4. The first-order valence-electron chi connectivity index (χ1n) is 16.0. The summed E-state index contributed by atoms with van der Waals surface area (Å²) >= 11 is 3.56. The van der Waals surface area contributed by atoms with Crippen molar-refractivity contribution in [3.05, 3.63) is 87.7 Å². The lowest BCUT2D eigenvalue weighted by molar-refractivity contribution is -0.129. The van der Waals surface area contributed by atoms with Gasteiger partial charge in [-0.25, -0.2) is 19.4 Å². The van der Waals surface area contributed by atoms with Crippen molar-refractivity contribution in [2.45, 2.75) is 90.5 Å². The van der Waals surface area contributed by atoms with Crippen LogP contribution in [0.15, 0.2) is 65.4 Å². The van der Waals surface area contributed by atoms with Crippen molar-refractivity contribution < 1.29 is 28.7 Å². The van der Waals surface area contributed by atoms with Crippen LogP contribution in [0.2, 0.25) is 0 Å². The van der Waals surface area contributed by atoms with Crippen molar-refractivity contribution in [1.29, 1.82) is 0 Å². The highest BCUT2D eigenvalue weighted by Gasteiger charge is 2.51. The van der Waals surface area contributed by atoms with Crippen LogP contribution in [-0.2, 0) is 31.9 Å². The molecular weight excluding hydrogens is 662 g/mol. The van der Waals surface area contributed by atoms with Gasteiger partial charge in [0.15, 0.2) is 0 Å². The van der Waals surface area contributed by atoms with E-state index in [1.807, 2.05) is 90.2 Å². The van der Waals surface area contributed by atoms with Crippen LogP contribution in [0.3, 0.4) is 0 Å². The Morgan fingerprint density at radius 1 is 0.723 bits per heavy atom. The molecule has 47 heavy (non-hydrogen) atoms. The van der Waals surface area contributed by atoms with E-state index in [2.05, 4.69) is 27.0 Å². The zero-order chi connectivity index (χ0) is 33.8. The summed E-state index contributed by atoms with van der Waals surface area (Å²) in [6.07, 6.45) is 4.92. The number of likely N-dealkylation sites (tertiary alicyclic amines) is 2. The molecule has 7 rings (SSSR count). The van der Waals surface area contributed by atoms with E-state index in [-0.39, 0.29) is 35.7 Å². The third-order valence-corrected chi connectivity index (χ3v) is 9.69. The van der Waals surface area contributed by atoms with E-state index in [0.29, 0.717) is 12.8 Å². The lowest BCUT2D eigenvalue weighted by Gasteiger charge is -2.27. The summed E-state index contributed by atoms with van der Waals surface area (Å²) in [6, 6.07) is 15.6. The highest BCUT2D eigenvalue weighted by atomic mass is 79.9. The summed E-state index contributed by atoms with van der Waals surface area (Å²) in [5.41, 5.74) is 5.47. The number of aromatic nitrogens is 1. The molecule has 9 nitrogen and oxygen atoms in total. The van der Waals surface area contributed by atoms with Gasteiger partial charge in [0.05, 0.1) is 12.1 Å². The average Bonchev–Trinajstić information content (AvgIpc) is 3.69. The summed E-state index contributed by atoms with van der Waals surface area (Å²) in [5, 5.41) is 0. The molecule has 2 aromatic carbocycles. The number of pyridine rings is 1. The Kier molecular flexibility index (Phi) is 8.53. The van der Waals surface area contributed by atoms with Crippen molar-refractivity contribution in [2.24, 2.45) is 11.8 Å². The minimum absolute atomic E-state index is 0.114. The molecule has 3 aromatic rings. The molecule has 2 saturated heterocycles. The number of fused-ring (bicyclic) bond motifs is 6. The van der Waals surface area contributed by atoms with Gasteiger partial charge in [-0.05, 0) is 106 Å². The van der Waals surface area contributed by atoms with Gasteiger partial charge in [-0.2, -0.15) is 0 Å². The Morgan fingerprint density at radius 2 is 1.23 bits per heavy atom. The highest BCUT2D eigenvalue weighted by Crippen LogP contribution is 2.51. The molecule has 0 bridgehead atoms. The molecule has 0 spiro atoms. The van der Waals surface area contributed by atoms with Crippen LogP contribution in [0.25, 0.3) is 11.1 Å². The molecule has 3 heterocycles. The predicted octanol–water partition coefficient (Wildman–Crippen LogP) is 7.96. The maximum atomic E-state index is 12.7. The van der Waals surface area contributed by atoms with Crippen molar-refractivity contribution in [3.63, 3.8) is 0 Å². The Labute approximate surface area is 283 Å². The minimum atomic E-state index is -0.631. The zero-order valence-corrected chi connectivity index (χ0v) is 29.2. The second kappa shape index (κ2) is 12.2. The minimum Gasteiger partial charge on any atom is -0.443 e. The summed E-state index contributed by atoms with van der Waals surface area (Å²) in [4.78, 5) is 56.6. The maximum absolute atomic E-state index is 12.7. The Hall–Kier alpha value is -4.05. The molecule has 2 fully saturated rings. The van der Waals surface area contributed by atoms with Crippen LogP contribution in [0.1, 0.15) is 88.7 Å².